The molecule has 8 nitrogen and oxygen atoms in total. The highest BCUT2D eigenvalue weighted by atomic mass is 35.5. The van der Waals surface area contributed by atoms with E-state index in [-0.39, 0.29) is 21.4 Å². The molecule has 1 amide bonds. The summed E-state index contributed by atoms with van der Waals surface area (Å²) in [7, 11) is -3.78. The number of anilines is 2. The SMILES string of the molecule is CCC(CC)c1nnc(NC(=O)c2cc(S(=O)(=O)N3CCN(c4ccccc4)CC3)ccc2Cl)s1. The van der Waals surface area contributed by atoms with Crippen molar-refractivity contribution in [1.82, 2.24) is 14.5 Å². The van der Waals surface area contributed by atoms with Crippen LogP contribution in [-0.4, -0.2) is 55.0 Å². The van der Waals surface area contributed by atoms with Gasteiger partial charge in [-0.05, 0) is 43.2 Å². The second-order valence-electron chi connectivity index (χ2n) is 8.28. The van der Waals surface area contributed by atoms with E-state index in [1.54, 1.807) is 0 Å². The molecule has 0 radical (unpaired) electrons. The monoisotopic (exact) mass is 533 g/mol. The van der Waals surface area contributed by atoms with Gasteiger partial charge >= 0.3 is 0 Å². The molecule has 1 aromatic heterocycles. The number of hydrogen-bond acceptors (Lipinski definition) is 7. The average Bonchev–Trinajstić information content (AvgIpc) is 3.33. The second kappa shape index (κ2) is 11.0. The Morgan fingerprint density at radius 1 is 1.06 bits per heavy atom. The lowest BCUT2D eigenvalue weighted by Crippen LogP contribution is -2.48. The Morgan fingerprint density at radius 3 is 2.40 bits per heavy atom. The van der Waals surface area contributed by atoms with Gasteiger partial charge in [-0.15, -0.1) is 10.2 Å². The third kappa shape index (κ3) is 5.66. The molecule has 0 aliphatic carbocycles. The molecule has 186 valence electrons. The predicted octanol–water partition coefficient (Wildman–Crippen LogP) is 4.86. The summed E-state index contributed by atoms with van der Waals surface area (Å²) in [5, 5.41) is 12.4. The first-order chi connectivity index (χ1) is 16.8. The average molecular weight is 534 g/mol. The minimum Gasteiger partial charge on any atom is -0.369 e. The van der Waals surface area contributed by atoms with E-state index in [0.717, 1.165) is 23.5 Å². The summed E-state index contributed by atoms with van der Waals surface area (Å²) >= 11 is 7.59. The van der Waals surface area contributed by atoms with Crippen molar-refractivity contribution < 1.29 is 13.2 Å². The number of nitrogens with zero attached hydrogens (tertiary/aromatic N) is 4. The Bertz CT molecular complexity index is 1270. The van der Waals surface area contributed by atoms with E-state index >= 15 is 0 Å². The van der Waals surface area contributed by atoms with E-state index in [4.69, 9.17) is 11.6 Å². The lowest BCUT2D eigenvalue weighted by Gasteiger charge is -2.35. The standard InChI is InChI=1S/C24H28ClN5O3S2/c1-3-17(4-2)23-27-28-24(34-23)26-22(31)20-16-19(10-11-21(20)25)35(32,33)30-14-12-29(13-15-30)18-8-6-5-7-9-18/h5-11,16-17H,3-4,12-15H2,1-2H3,(H,26,28,31). The largest absolute Gasteiger partial charge is 0.369 e. The maximum absolute atomic E-state index is 13.3. The van der Waals surface area contributed by atoms with E-state index in [0.29, 0.717) is 31.3 Å². The molecule has 35 heavy (non-hydrogen) atoms. The van der Waals surface area contributed by atoms with Crippen molar-refractivity contribution in [3.8, 4) is 0 Å². The number of nitrogens with one attached hydrogen (secondary N) is 1. The van der Waals surface area contributed by atoms with Gasteiger partial charge < -0.3 is 4.90 Å². The number of hydrogen-bond donors (Lipinski definition) is 1. The Kier molecular flexibility index (Phi) is 8.05. The second-order valence-corrected chi connectivity index (χ2v) is 11.6. The third-order valence-electron chi connectivity index (χ3n) is 6.18. The lowest BCUT2D eigenvalue weighted by atomic mass is 10.1. The van der Waals surface area contributed by atoms with Crippen molar-refractivity contribution in [3.05, 3.63) is 64.1 Å². The van der Waals surface area contributed by atoms with Crippen LogP contribution < -0.4 is 10.2 Å². The molecular weight excluding hydrogens is 506 g/mol. The fourth-order valence-electron chi connectivity index (χ4n) is 4.07. The van der Waals surface area contributed by atoms with Crippen LogP contribution in [0.25, 0.3) is 0 Å². The molecule has 1 aliphatic heterocycles. The number of sulfonamides is 1. The van der Waals surface area contributed by atoms with Gasteiger partial charge in [-0.2, -0.15) is 4.31 Å². The van der Waals surface area contributed by atoms with Gasteiger partial charge in [0.25, 0.3) is 5.91 Å². The molecule has 0 spiro atoms. The molecule has 11 heteroatoms. The van der Waals surface area contributed by atoms with Gasteiger partial charge in [-0.3, -0.25) is 10.1 Å². The van der Waals surface area contributed by atoms with E-state index in [9.17, 15) is 13.2 Å². The number of aromatic nitrogens is 2. The molecule has 1 aliphatic rings. The Balaban J connectivity index is 1.48. The van der Waals surface area contributed by atoms with Crippen LogP contribution in [-0.2, 0) is 10.0 Å². The smallest absolute Gasteiger partial charge is 0.259 e. The fourth-order valence-corrected chi connectivity index (χ4v) is 6.72. The molecule has 1 N–H and O–H groups in total. The zero-order chi connectivity index (χ0) is 25.0. The van der Waals surface area contributed by atoms with Gasteiger partial charge in [0.2, 0.25) is 15.2 Å². The number of carbonyl (C=O) groups is 1. The minimum absolute atomic E-state index is 0.0372. The number of amides is 1. The fraction of sp³-hybridized carbons (Fsp3) is 0.375. The van der Waals surface area contributed by atoms with Crippen molar-refractivity contribution in [2.75, 3.05) is 36.4 Å². The zero-order valence-corrected chi connectivity index (χ0v) is 22.0. The quantitative estimate of drug-likeness (QED) is 0.444. The maximum Gasteiger partial charge on any atom is 0.259 e. The van der Waals surface area contributed by atoms with Crippen molar-refractivity contribution in [3.63, 3.8) is 0 Å². The van der Waals surface area contributed by atoms with Crippen LogP contribution in [0.2, 0.25) is 5.02 Å². The molecule has 1 fully saturated rings. The van der Waals surface area contributed by atoms with Crippen molar-refractivity contribution in [2.24, 2.45) is 0 Å². The van der Waals surface area contributed by atoms with Crippen LogP contribution in [0.4, 0.5) is 10.8 Å². The van der Waals surface area contributed by atoms with Crippen molar-refractivity contribution in [1.29, 1.82) is 0 Å². The highest BCUT2D eigenvalue weighted by Gasteiger charge is 2.30. The number of halogens is 1. The molecule has 4 rings (SSSR count). The number of carbonyl (C=O) groups excluding carboxylic acids is 1. The van der Waals surface area contributed by atoms with Crippen molar-refractivity contribution in [2.45, 2.75) is 37.5 Å². The van der Waals surface area contributed by atoms with E-state index in [1.165, 1.54) is 33.8 Å². The molecule has 2 aromatic carbocycles. The molecule has 0 unspecified atom stereocenters. The van der Waals surface area contributed by atoms with E-state index in [1.807, 2.05) is 30.3 Å². The van der Waals surface area contributed by atoms with Crippen LogP contribution in [0, 0.1) is 0 Å². The predicted molar refractivity (Wildman–Crippen MR) is 140 cm³/mol. The molecule has 1 saturated heterocycles. The summed E-state index contributed by atoms with van der Waals surface area (Å²) < 4.78 is 28.1. The molecule has 0 bridgehead atoms. The first kappa shape index (κ1) is 25.6. The third-order valence-corrected chi connectivity index (χ3v) is 9.40. The highest BCUT2D eigenvalue weighted by molar-refractivity contribution is 7.89. The summed E-state index contributed by atoms with van der Waals surface area (Å²) in [5.74, 6) is -0.231. The van der Waals surface area contributed by atoms with Crippen LogP contribution in [0.3, 0.4) is 0 Å². The van der Waals surface area contributed by atoms with Gasteiger partial charge in [0.15, 0.2) is 0 Å². The van der Waals surface area contributed by atoms with E-state index < -0.39 is 15.9 Å². The summed E-state index contributed by atoms with van der Waals surface area (Å²) in [6, 6.07) is 14.1. The Labute approximate surface area is 215 Å². The zero-order valence-electron chi connectivity index (χ0n) is 19.6. The molecule has 3 aromatic rings. The molecule has 0 saturated carbocycles. The lowest BCUT2D eigenvalue weighted by molar-refractivity contribution is 0.102. The summed E-state index contributed by atoms with van der Waals surface area (Å²) in [4.78, 5) is 15.1. The number of benzene rings is 2. The van der Waals surface area contributed by atoms with Gasteiger partial charge in [0.05, 0.1) is 15.5 Å². The Morgan fingerprint density at radius 2 is 1.74 bits per heavy atom. The molecular formula is C24H28ClN5O3S2. The first-order valence-corrected chi connectivity index (χ1v) is 14.2. The van der Waals surface area contributed by atoms with Crippen molar-refractivity contribution >= 4 is 49.7 Å². The summed E-state index contributed by atoms with van der Waals surface area (Å²) in [5.41, 5.74) is 1.15. The number of rotatable bonds is 8. The molecule has 2 heterocycles. The Hall–Kier alpha value is -2.53. The highest BCUT2D eigenvalue weighted by Crippen LogP contribution is 2.29. The van der Waals surface area contributed by atoms with Gasteiger partial charge in [0, 0.05) is 37.8 Å². The number of para-hydroxylation sites is 1. The van der Waals surface area contributed by atoms with Gasteiger partial charge in [-0.25, -0.2) is 8.42 Å². The van der Waals surface area contributed by atoms with Gasteiger partial charge in [0.1, 0.15) is 5.01 Å². The minimum atomic E-state index is -3.78. The topological polar surface area (TPSA) is 95.5 Å². The first-order valence-electron chi connectivity index (χ1n) is 11.6. The molecule has 0 atom stereocenters. The normalized spacial score (nSPS) is 14.9. The van der Waals surface area contributed by atoms with Crippen LogP contribution in [0.1, 0.15) is 48.0 Å². The van der Waals surface area contributed by atoms with Crippen LogP contribution in [0.15, 0.2) is 53.4 Å². The number of piperazine rings is 1. The van der Waals surface area contributed by atoms with E-state index in [2.05, 4.69) is 34.3 Å². The summed E-state index contributed by atoms with van der Waals surface area (Å²) in [6.07, 6.45) is 1.87. The maximum atomic E-state index is 13.3. The van der Waals surface area contributed by atoms with Crippen LogP contribution in [0.5, 0.6) is 0 Å². The van der Waals surface area contributed by atoms with Crippen LogP contribution >= 0.6 is 22.9 Å². The summed E-state index contributed by atoms with van der Waals surface area (Å²) in [6.45, 7) is 6.04. The van der Waals surface area contributed by atoms with Gasteiger partial charge in [-0.1, -0.05) is 55.0 Å².